The van der Waals surface area contributed by atoms with Crippen molar-refractivity contribution in [3.05, 3.63) is 35.4 Å². The van der Waals surface area contributed by atoms with E-state index in [1.807, 2.05) is 32.0 Å². The van der Waals surface area contributed by atoms with Crippen LogP contribution in [0.15, 0.2) is 24.3 Å². The molecule has 0 fully saturated rings. The molecule has 0 atom stereocenters. The molecule has 6 heteroatoms. The van der Waals surface area contributed by atoms with Crippen LogP contribution in [0.5, 0.6) is 0 Å². The number of nitrogens with two attached hydrogens (primary N) is 1. The molecule has 1 rings (SSSR count). The van der Waals surface area contributed by atoms with E-state index in [0.717, 1.165) is 24.0 Å². The number of benzene rings is 1. The Balaban J connectivity index is 2.33. The van der Waals surface area contributed by atoms with Crippen molar-refractivity contribution in [2.45, 2.75) is 45.1 Å². The van der Waals surface area contributed by atoms with Crippen molar-refractivity contribution < 1.29 is 13.2 Å². The van der Waals surface area contributed by atoms with Crippen LogP contribution in [0.25, 0.3) is 0 Å². The van der Waals surface area contributed by atoms with Gasteiger partial charge in [-0.05, 0) is 37.8 Å². The van der Waals surface area contributed by atoms with Crippen LogP contribution < -0.4 is 10.5 Å². The molecule has 0 radical (unpaired) electrons. The Kier molecular flexibility index (Phi) is 7.88. The summed E-state index contributed by atoms with van der Waals surface area (Å²) in [5.74, 6) is -0.0106. The Bertz CT molecular complexity index is 515. The third kappa shape index (κ3) is 8.16. The summed E-state index contributed by atoms with van der Waals surface area (Å²) < 4.78 is 32.0. The van der Waals surface area contributed by atoms with E-state index in [1.165, 1.54) is 0 Å². The average Bonchev–Trinajstić information content (AvgIpc) is 2.42. The summed E-state index contributed by atoms with van der Waals surface area (Å²) in [6, 6.07) is 7.35. The van der Waals surface area contributed by atoms with E-state index in [-0.39, 0.29) is 11.9 Å². The van der Waals surface area contributed by atoms with Crippen LogP contribution in [0.4, 0.5) is 0 Å². The van der Waals surface area contributed by atoms with Crippen molar-refractivity contribution in [2.24, 2.45) is 5.73 Å². The molecule has 0 aliphatic heterocycles. The molecule has 0 aliphatic rings. The molecule has 1 aromatic carbocycles. The fourth-order valence-electron chi connectivity index (χ4n) is 1.89. The molecule has 0 saturated carbocycles. The van der Waals surface area contributed by atoms with Gasteiger partial charge in [-0.15, -0.1) is 0 Å². The van der Waals surface area contributed by atoms with Crippen LogP contribution in [0.1, 0.15) is 37.8 Å². The predicted molar refractivity (Wildman–Crippen MR) is 85.3 cm³/mol. The molecule has 3 N–H and O–H groups in total. The Morgan fingerprint density at radius 1 is 1.24 bits per heavy atom. The van der Waals surface area contributed by atoms with Gasteiger partial charge in [0.1, 0.15) is 0 Å². The molecule has 0 heterocycles. The second kappa shape index (κ2) is 9.15. The van der Waals surface area contributed by atoms with Crippen LogP contribution in [0.3, 0.4) is 0 Å². The van der Waals surface area contributed by atoms with Crippen molar-refractivity contribution in [2.75, 3.05) is 13.2 Å². The number of hydrogen-bond donors (Lipinski definition) is 2. The van der Waals surface area contributed by atoms with Crippen LogP contribution in [-0.2, 0) is 27.1 Å². The van der Waals surface area contributed by atoms with Gasteiger partial charge in [-0.1, -0.05) is 24.3 Å². The lowest BCUT2D eigenvalue weighted by atomic mass is 10.1. The van der Waals surface area contributed by atoms with E-state index in [2.05, 4.69) is 4.72 Å². The molecule has 21 heavy (non-hydrogen) atoms. The summed E-state index contributed by atoms with van der Waals surface area (Å²) in [6.45, 7) is 5.49. The minimum absolute atomic E-state index is 0.0106. The van der Waals surface area contributed by atoms with Gasteiger partial charge in [-0.2, -0.15) is 0 Å². The van der Waals surface area contributed by atoms with Crippen LogP contribution in [0.2, 0.25) is 0 Å². The number of nitrogens with one attached hydrogen (secondary N) is 1. The molecule has 0 aromatic heterocycles. The monoisotopic (exact) mass is 314 g/mol. The first-order valence-electron chi connectivity index (χ1n) is 7.30. The zero-order valence-corrected chi connectivity index (χ0v) is 13.7. The van der Waals surface area contributed by atoms with E-state index in [0.29, 0.717) is 19.7 Å². The summed E-state index contributed by atoms with van der Waals surface area (Å²) in [5.41, 5.74) is 7.25. The molecule has 120 valence electrons. The lowest BCUT2D eigenvalue weighted by Gasteiger charge is -2.09. The Labute approximate surface area is 127 Å². The van der Waals surface area contributed by atoms with Crippen molar-refractivity contribution in [3.8, 4) is 0 Å². The molecule has 0 aliphatic carbocycles. The van der Waals surface area contributed by atoms with E-state index in [1.54, 1.807) is 6.07 Å². The van der Waals surface area contributed by atoms with Gasteiger partial charge in [0.2, 0.25) is 10.0 Å². The molecular formula is C15H26N2O3S. The van der Waals surface area contributed by atoms with E-state index in [4.69, 9.17) is 10.5 Å². The van der Waals surface area contributed by atoms with Crippen molar-refractivity contribution in [3.63, 3.8) is 0 Å². The molecule has 0 bridgehead atoms. The summed E-state index contributed by atoms with van der Waals surface area (Å²) >= 11 is 0. The number of ether oxygens (including phenoxy) is 1. The summed E-state index contributed by atoms with van der Waals surface area (Å²) in [6.07, 6.45) is 1.84. The SMILES string of the molecule is CC(C)OCCCCNS(=O)(=O)Cc1cccc(CN)c1. The molecule has 0 amide bonds. The van der Waals surface area contributed by atoms with E-state index >= 15 is 0 Å². The minimum atomic E-state index is -3.29. The molecule has 0 spiro atoms. The van der Waals surface area contributed by atoms with Crippen molar-refractivity contribution in [1.29, 1.82) is 0 Å². The second-order valence-corrected chi connectivity index (χ2v) is 7.11. The van der Waals surface area contributed by atoms with E-state index < -0.39 is 10.0 Å². The zero-order chi connectivity index (χ0) is 15.7. The quantitative estimate of drug-likeness (QED) is 0.645. The van der Waals surface area contributed by atoms with Gasteiger partial charge in [0.25, 0.3) is 0 Å². The normalized spacial score (nSPS) is 12.0. The Hall–Kier alpha value is -0.950. The lowest BCUT2D eigenvalue weighted by Crippen LogP contribution is -2.26. The van der Waals surface area contributed by atoms with Gasteiger partial charge in [0.15, 0.2) is 0 Å². The van der Waals surface area contributed by atoms with Crippen LogP contribution in [0, 0.1) is 0 Å². The molecule has 5 nitrogen and oxygen atoms in total. The maximum Gasteiger partial charge on any atom is 0.215 e. The first-order valence-corrected chi connectivity index (χ1v) is 8.95. The predicted octanol–water partition coefficient (Wildman–Crippen LogP) is 1.77. The Morgan fingerprint density at radius 3 is 2.62 bits per heavy atom. The third-order valence-corrected chi connectivity index (χ3v) is 4.29. The average molecular weight is 314 g/mol. The van der Waals surface area contributed by atoms with Crippen molar-refractivity contribution >= 4 is 10.0 Å². The smallest absolute Gasteiger partial charge is 0.215 e. The highest BCUT2D eigenvalue weighted by atomic mass is 32.2. The van der Waals surface area contributed by atoms with Gasteiger partial charge in [-0.25, -0.2) is 13.1 Å². The zero-order valence-electron chi connectivity index (χ0n) is 12.8. The number of sulfonamides is 1. The summed E-state index contributed by atoms with van der Waals surface area (Å²) in [7, 11) is -3.29. The first kappa shape index (κ1) is 18.1. The van der Waals surface area contributed by atoms with Gasteiger partial charge in [-0.3, -0.25) is 0 Å². The number of hydrogen-bond acceptors (Lipinski definition) is 4. The third-order valence-electron chi connectivity index (χ3n) is 2.93. The van der Waals surface area contributed by atoms with Crippen LogP contribution in [-0.4, -0.2) is 27.7 Å². The first-order chi connectivity index (χ1) is 9.93. The van der Waals surface area contributed by atoms with Crippen LogP contribution >= 0.6 is 0 Å². The van der Waals surface area contributed by atoms with Crippen molar-refractivity contribution in [1.82, 2.24) is 4.72 Å². The molecule has 0 unspecified atom stereocenters. The maximum absolute atomic E-state index is 12.0. The maximum atomic E-state index is 12.0. The molecule has 1 aromatic rings. The lowest BCUT2D eigenvalue weighted by molar-refractivity contribution is 0.0762. The highest BCUT2D eigenvalue weighted by Crippen LogP contribution is 2.08. The Morgan fingerprint density at radius 2 is 1.95 bits per heavy atom. The summed E-state index contributed by atoms with van der Waals surface area (Å²) in [4.78, 5) is 0. The topological polar surface area (TPSA) is 81.4 Å². The highest BCUT2D eigenvalue weighted by Gasteiger charge is 2.11. The van der Waals surface area contributed by atoms with E-state index in [9.17, 15) is 8.42 Å². The van der Waals surface area contributed by atoms with Gasteiger partial charge in [0, 0.05) is 19.7 Å². The van der Waals surface area contributed by atoms with Gasteiger partial charge < -0.3 is 10.5 Å². The fourth-order valence-corrected chi connectivity index (χ4v) is 3.07. The van der Waals surface area contributed by atoms with Gasteiger partial charge >= 0.3 is 0 Å². The molecular weight excluding hydrogens is 288 g/mol. The fraction of sp³-hybridized carbons (Fsp3) is 0.600. The summed E-state index contributed by atoms with van der Waals surface area (Å²) in [5, 5.41) is 0. The minimum Gasteiger partial charge on any atom is -0.379 e. The largest absolute Gasteiger partial charge is 0.379 e. The number of rotatable bonds is 10. The van der Waals surface area contributed by atoms with Gasteiger partial charge in [0.05, 0.1) is 11.9 Å². The standard InChI is InChI=1S/C15H26N2O3S/c1-13(2)20-9-4-3-8-17-21(18,19)12-15-7-5-6-14(10-15)11-16/h5-7,10,13,17H,3-4,8-9,11-12,16H2,1-2H3. The highest BCUT2D eigenvalue weighted by molar-refractivity contribution is 7.88. The number of unbranched alkanes of at least 4 members (excludes halogenated alkanes) is 1. The second-order valence-electron chi connectivity index (χ2n) is 5.30. The molecule has 0 saturated heterocycles.